The predicted octanol–water partition coefficient (Wildman–Crippen LogP) is 8.02. The van der Waals surface area contributed by atoms with Gasteiger partial charge in [0.15, 0.2) is 0 Å². The molecule has 4 N–H and O–H groups in total. The summed E-state index contributed by atoms with van der Waals surface area (Å²) in [4.78, 5) is 55.1. The number of esters is 1. The molecule has 1 aromatic heterocycles. The van der Waals surface area contributed by atoms with Crippen LogP contribution in [0.4, 0.5) is 11.4 Å². The molecule has 0 spiro atoms. The summed E-state index contributed by atoms with van der Waals surface area (Å²) >= 11 is 0. The molecule has 1 saturated heterocycles. The van der Waals surface area contributed by atoms with Crippen molar-refractivity contribution in [2.75, 3.05) is 39.9 Å². The Morgan fingerprint density at radius 2 is 1.46 bits per heavy atom. The van der Waals surface area contributed by atoms with Gasteiger partial charge >= 0.3 is 5.97 Å². The van der Waals surface area contributed by atoms with Crippen molar-refractivity contribution in [2.45, 2.75) is 65.9 Å². The van der Waals surface area contributed by atoms with Crippen LogP contribution >= 0.6 is 0 Å². The molecule has 1 fully saturated rings. The van der Waals surface area contributed by atoms with E-state index in [0.717, 1.165) is 66.7 Å². The van der Waals surface area contributed by atoms with Gasteiger partial charge in [-0.2, -0.15) is 0 Å². The molecule has 0 bridgehead atoms. The van der Waals surface area contributed by atoms with Gasteiger partial charge in [0.1, 0.15) is 29.8 Å². The highest BCUT2D eigenvalue weighted by atomic mass is 16.5. The van der Waals surface area contributed by atoms with Crippen molar-refractivity contribution >= 4 is 53.0 Å². The lowest BCUT2D eigenvalue weighted by Crippen LogP contribution is -2.34. The van der Waals surface area contributed by atoms with Crippen LogP contribution < -0.4 is 20.9 Å². The second-order valence-corrected chi connectivity index (χ2v) is 14.9. The summed E-state index contributed by atoms with van der Waals surface area (Å²) < 4.78 is 16.6. The molecule has 0 aliphatic carbocycles. The average Bonchev–Trinajstić information content (AvgIpc) is 3.69. The number of amides is 2. The number of ether oxygens (including phenoxy) is 3. The Kier molecular flexibility index (Phi) is 15.1. The van der Waals surface area contributed by atoms with E-state index in [2.05, 4.69) is 28.8 Å². The Labute approximate surface area is 357 Å². The normalized spacial score (nSPS) is 14.3. The summed E-state index contributed by atoms with van der Waals surface area (Å²) in [5, 5.41) is 0. The summed E-state index contributed by atoms with van der Waals surface area (Å²) in [5.41, 5.74) is 19.5. The molecule has 61 heavy (non-hydrogen) atoms. The monoisotopic (exact) mass is 825 g/mol. The molecule has 0 radical (unpaired) electrons. The van der Waals surface area contributed by atoms with Gasteiger partial charge < -0.3 is 35.5 Å². The number of hydrogen-bond acceptors (Lipinski definition) is 11. The highest BCUT2D eigenvalue weighted by molar-refractivity contribution is 6.06. The molecular weight excluding hydrogens is 771 g/mol. The van der Waals surface area contributed by atoms with Crippen molar-refractivity contribution < 1.29 is 28.6 Å². The van der Waals surface area contributed by atoms with Crippen LogP contribution in [0.5, 0.6) is 11.5 Å². The first-order chi connectivity index (χ1) is 29.6. The van der Waals surface area contributed by atoms with E-state index in [9.17, 15) is 14.4 Å². The van der Waals surface area contributed by atoms with Crippen molar-refractivity contribution in [1.29, 1.82) is 0 Å². The number of aliphatic imine (C=N–C) groups is 2. The lowest BCUT2D eigenvalue weighted by Gasteiger charge is -2.22. The third-order valence-corrected chi connectivity index (χ3v) is 10.3. The molecule has 13 nitrogen and oxygen atoms in total. The van der Waals surface area contributed by atoms with Crippen molar-refractivity contribution in [3.05, 3.63) is 113 Å². The smallest absolute Gasteiger partial charge is 0.334 e. The quantitative estimate of drug-likeness (QED) is 0.127. The number of rotatable bonds is 13. The zero-order chi connectivity index (χ0) is 43.3. The average molecular weight is 826 g/mol. The zero-order valence-electron chi connectivity index (χ0n) is 35.5. The number of nitrogens with two attached hydrogens (primary N) is 2. The third kappa shape index (κ3) is 11.3. The molecule has 3 aromatic carbocycles. The Bertz CT molecular complexity index is 2320. The SMILES string of the molecule is CCCN(CCC)C(=O)C1=Cc2cc(OC)c(-c3ccc(C(=O)N4CCCC4)cc3)cc2N=C(N)C1.CCOC(=O)C1=Cc2cc(OCc3ccccn3)ccc2N=C(N)C1. The fourth-order valence-corrected chi connectivity index (χ4v) is 7.37. The van der Waals surface area contributed by atoms with Crippen LogP contribution in [-0.2, 0) is 20.9 Å². The van der Waals surface area contributed by atoms with Gasteiger partial charge in [0, 0.05) is 78.6 Å². The first kappa shape index (κ1) is 43.8. The molecule has 0 saturated carbocycles. The molecule has 318 valence electrons. The number of amidine groups is 2. The number of likely N-dealkylation sites (tertiary alicyclic amines) is 1. The van der Waals surface area contributed by atoms with E-state index in [4.69, 9.17) is 25.7 Å². The van der Waals surface area contributed by atoms with Gasteiger partial charge in [-0.15, -0.1) is 0 Å². The lowest BCUT2D eigenvalue weighted by atomic mass is 9.98. The van der Waals surface area contributed by atoms with Gasteiger partial charge in [-0.3, -0.25) is 14.6 Å². The molecular formula is C48H55N7O6. The van der Waals surface area contributed by atoms with Gasteiger partial charge in [-0.05, 0) is 105 Å². The number of carbonyl (C=O) groups is 3. The van der Waals surface area contributed by atoms with E-state index in [1.165, 1.54) is 0 Å². The standard InChI is InChI=1S/C29H36N4O3.C19H19N3O3/c1-4-12-32(13-5-2)29(35)23-16-22-17-26(36-3)24(19-25(22)31-27(30)18-23)20-8-10-21(11-9-20)28(34)33-14-6-7-15-33;1-2-24-19(23)14-9-13-10-16(6-7-17(13)22-18(20)11-14)25-12-15-5-3-4-8-21-15/h8-11,16-17,19H,4-7,12-15,18H2,1-3H3,(H2,30,31);3-10H,2,11-12H2,1H3,(H2,20,22). The molecule has 0 atom stereocenters. The van der Waals surface area contributed by atoms with E-state index in [1.807, 2.05) is 88.7 Å². The number of fused-ring (bicyclic) bond motifs is 2. The van der Waals surface area contributed by atoms with Crippen LogP contribution in [-0.4, -0.2) is 84.1 Å². The number of pyridine rings is 1. The first-order valence-corrected chi connectivity index (χ1v) is 20.9. The fraction of sp³-hybridized carbons (Fsp3) is 0.333. The second kappa shape index (κ2) is 21.0. The molecule has 3 aliphatic rings. The van der Waals surface area contributed by atoms with E-state index >= 15 is 0 Å². The maximum absolute atomic E-state index is 13.3. The van der Waals surface area contributed by atoms with E-state index in [-0.39, 0.29) is 24.2 Å². The van der Waals surface area contributed by atoms with Crippen molar-refractivity contribution in [2.24, 2.45) is 21.5 Å². The Morgan fingerprint density at radius 1 is 0.787 bits per heavy atom. The maximum atomic E-state index is 13.3. The van der Waals surface area contributed by atoms with Crippen LogP contribution in [0, 0.1) is 0 Å². The maximum Gasteiger partial charge on any atom is 0.334 e. The second-order valence-electron chi connectivity index (χ2n) is 14.9. The minimum atomic E-state index is -0.381. The number of benzene rings is 3. The molecule has 7 rings (SSSR count). The minimum absolute atomic E-state index is 0.00556. The topological polar surface area (TPSA) is 175 Å². The van der Waals surface area contributed by atoms with Gasteiger partial charge in [-0.25, -0.2) is 14.8 Å². The minimum Gasteiger partial charge on any atom is -0.496 e. The van der Waals surface area contributed by atoms with E-state index in [1.54, 1.807) is 26.3 Å². The summed E-state index contributed by atoms with van der Waals surface area (Å²) in [6, 6.07) is 22.6. The van der Waals surface area contributed by atoms with Crippen molar-refractivity contribution in [3.8, 4) is 22.6 Å². The number of hydrogen-bond donors (Lipinski definition) is 2. The molecule has 4 heterocycles. The Hall–Kier alpha value is -6.76. The fourth-order valence-electron chi connectivity index (χ4n) is 7.37. The largest absolute Gasteiger partial charge is 0.496 e. The number of aromatic nitrogens is 1. The van der Waals surface area contributed by atoms with Crippen LogP contribution in [0.15, 0.2) is 100 Å². The summed E-state index contributed by atoms with van der Waals surface area (Å²) in [5.74, 6) is 1.82. The lowest BCUT2D eigenvalue weighted by molar-refractivity contribution is -0.138. The number of carbonyl (C=O) groups excluding carboxylic acids is 3. The van der Waals surface area contributed by atoms with Crippen molar-refractivity contribution in [1.82, 2.24) is 14.8 Å². The van der Waals surface area contributed by atoms with Crippen LogP contribution in [0.3, 0.4) is 0 Å². The highest BCUT2D eigenvalue weighted by Crippen LogP contribution is 2.39. The number of nitrogens with zero attached hydrogens (tertiary/aromatic N) is 5. The first-order valence-electron chi connectivity index (χ1n) is 20.9. The van der Waals surface area contributed by atoms with Gasteiger partial charge in [0.2, 0.25) is 5.91 Å². The predicted molar refractivity (Wildman–Crippen MR) is 240 cm³/mol. The Balaban J connectivity index is 0.000000218. The third-order valence-electron chi connectivity index (χ3n) is 10.3. The van der Waals surface area contributed by atoms with Crippen molar-refractivity contribution in [3.63, 3.8) is 0 Å². The van der Waals surface area contributed by atoms with E-state index in [0.29, 0.717) is 84.0 Å². The molecule has 4 aromatic rings. The summed E-state index contributed by atoms with van der Waals surface area (Å²) in [6.45, 7) is 9.67. The van der Waals surface area contributed by atoms with Crippen LogP contribution in [0.1, 0.15) is 86.5 Å². The van der Waals surface area contributed by atoms with Crippen LogP contribution in [0.25, 0.3) is 23.3 Å². The zero-order valence-corrected chi connectivity index (χ0v) is 35.5. The van der Waals surface area contributed by atoms with Gasteiger partial charge in [-0.1, -0.05) is 32.0 Å². The Morgan fingerprint density at radius 3 is 2.11 bits per heavy atom. The summed E-state index contributed by atoms with van der Waals surface area (Å²) in [7, 11) is 1.63. The van der Waals surface area contributed by atoms with Crippen LogP contribution in [0.2, 0.25) is 0 Å². The molecule has 2 amide bonds. The molecule has 0 unspecified atom stereocenters. The van der Waals surface area contributed by atoms with Gasteiger partial charge in [0.25, 0.3) is 5.91 Å². The van der Waals surface area contributed by atoms with Gasteiger partial charge in [0.05, 0.1) is 30.8 Å². The van der Waals surface area contributed by atoms with E-state index < -0.39 is 0 Å². The highest BCUT2D eigenvalue weighted by Gasteiger charge is 2.24. The molecule has 13 heteroatoms. The molecule has 3 aliphatic heterocycles. The number of methoxy groups -OCH3 is 1. The summed E-state index contributed by atoms with van der Waals surface area (Å²) in [6.07, 6.45) is 9.88.